The topological polar surface area (TPSA) is 46.2 Å². The second kappa shape index (κ2) is 5.93. The molecule has 90 valence electrons. The number of hydrogen-bond donors (Lipinski definition) is 1. The summed E-state index contributed by atoms with van der Waals surface area (Å²) in [6.45, 7) is 0. The third-order valence-corrected chi connectivity index (χ3v) is 3.18. The Morgan fingerprint density at radius 2 is 2.00 bits per heavy atom. The molecule has 0 fully saturated rings. The van der Waals surface area contributed by atoms with Crippen molar-refractivity contribution < 1.29 is 9.59 Å². The van der Waals surface area contributed by atoms with Crippen molar-refractivity contribution >= 4 is 35.3 Å². The van der Waals surface area contributed by atoms with Gasteiger partial charge < -0.3 is 5.32 Å². The molecule has 1 aromatic heterocycles. The number of anilines is 1. The lowest BCUT2D eigenvalue weighted by Gasteiger charge is -2.06. The number of benzene rings is 1. The molecule has 18 heavy (non-hydrogen) atoms. The van der Waals surface area contributed by atoms with E-state index in [4.69, 9.17) is 0 Å². The number of rotatable bonds is 4. The van der Waals surface area contributed by atoms with Gasteiger partial charge in [-0.3, -0.25) is 9.59 Å². The molecule has 0 spiro atoms. The van der Waals surface area contributed by atoms with Crippen LogP contribution < -0.4 is 5.32 Å². The third-order valence-electron chi connectivity index (χ3n) is 2.31. The predicted octanol–water partition coefficient (Wildman–Crippen LogP) is 3.21. The number of aldehydes is 1. The van der Waals surface area contributed by atoms with E-state index in [-0.39, 0.29) is 5.91 Å². The maximum absolute atomic E-state index is 11.9. The van der Waals surface area contributed by atoms with Crippen molar-refractivity contribution in [3.8, 4) is 0 Å². The summed E-state index contributed by atoms with van der Waals surface area (Å²) < 4.78 is 0. The molecule has 0 aliphatic heterocycles. The van der Waals surface area contributed by atoms with E-state index in [2.05, 4.69) is 5.32 Å². The van der Waals surface area contributed by atoms with Gasteiger partial charge in [0.05, 0.1) is 4.88 Å². The van der Waals surface area contributed by atoms with E-state index >= 15 is 0 Å². The molecular weight excluding hydrogens is 246 g/mol. The van der Waals surface area contributed by atoms with Crippen molar-refractivity contribution in [3.05, 3.63) is 58.3 Å². The Kier molecular flexibility index (Phi) is 4.04. The van der Waals surface area contributed by atoms with E-state index < -0.39 is 0 Å². The number of carbonyl (C=O) groups is 2. The first-order valence-electron chi connectivity index (χ1n) is 5.37. The first-order chi connectivity index (χ1) is 8.81. The molecule has 0 bridgehead atoms. The van der Waals surface area contributed by atoms with Gasteiger partial charge in [0.2, 0.25) is 0 Å². The number of thiophene rings is 1. The molecule has 0 unspecified atom stereocenters. The summed E-state index contributed by atoms with van der Waals surface area (Å²) in [5, 5.41) is 4.68. The molecule has 0 saturated heterocycles. The van der Waals surface area contributed by atoms with Crippen LogP contribution >= 0.6 is 11.3 Å². The van der Waals surface area contributed by atoms with Gasteiger partial charge in [-0.15, -0.1) is 11.3 Å². The van der Waals surface area contributed by atoms with Crippen molar-refractivity contribution in [2.75, 3.05) is 5.32 Å². The molecule has 2 rings (SSSR count). The van der Waals surface area contributed by atoms with Crippen LogP contribution in [-0.2, 0) is 4.79 Å². The second-order valence-corrected chi connectivity index (χ2v) is 4.46. The summed E-state index contributed by atoms with van der Waals surface area (Å²) >= 11 is 1.39. The highest BCUT2D eigenvalue weighted by molar-refractivity contribution is 7.12. The third kappa shape index (κ3) is 2.93. The maximum Gasteiger partial charge on any atom is 0.265 e. The van der Waals surface area contributed by atoms with Gasteiger partial charge in [0.1, 0.15) is 6.29 Å². The average Bonchev–Trinajstić information content (AvgIpc) is 2.91. The van der Waals surface area contributed by atoms with Gasteiger partial charge in [0.25, 0.3) is 5.91 Å². The normalized spacial score (nSPS) is 10.4. The number of carbonyl (C=O) groups excluding carboxylic acids is 2. The summed E-state index contributed by atoms with van der Waals surface area (Å²) in [6.07, 6.45) is 3.77. The highest BCUT2D eigenvalue weighted by Crippen LogP contribution is 2.18. The van der Waals surface area contributed by atoms with E-state index in [0.717, 1.165) is 5.56 Å². The van der Waals surface area contributed by atoms with Gasteiger partial charge >= 0.3 is 0 Å². The molecule has 3 nitrogen and oxygen atoms in total. The van der Waals surface area contributed by atoms with E-state index in [1.807, 2.05) is 29.6 Å². The summed E-state index contributed by atoms with van der Waals surface area (Å²) in [4.78, 5) is 22.9. The SMILES string of the molecule is O=C/C=C/c1ccccc1NC(=O)c1cccs1. The van der Waals surface area contributed by atoms with Gasteiger partial charge in [0, 0.05) is 5.69 Å². The Labute approximate surface area is 109 Å². The van der Waals surface area contributed by atoms with Gasteiger partial charge in [-0.1, -0.05) is 24.3 Å². The molecular formula is C14H11NO2S. The number of para-hydroxylation sites is 1. The lowest BCUT2D eigenvalue weighted by atomic mass is 10.1. The van der Waals surface area contributed by atoms with Crippen LogP contribution in [-0.4, -0.2) is 12.2 Å². The molecule has 1 heterocycles. The fraction of sp³-hybridized carbons (Fsp3) is 0. The lowest BCUT2D eigenvalue weighted by molar-refractivity contribution is -0.104. The Balaban J connectivity index is 2.21. The van der Waals surface area contributed by atoms with Gasteiger partial charge in [0.15, 0.2) is 0 Å². The van der Waals surface area contributed by atoms with E-state index in [9.17, 15) is 9.59 Å². The van der Waals surface area contributed by atoms with Crippen LogP contribution in [0.4, 0.5) is 5.69 Å². The van der Waals surface area contributed by atoms with Crippen LogP contribution in [0.1, 0.15) is 15.2 Å². The molecule has 1 aromatic carbocycles. The number of nitrogens with one attached hydrogen (secondary N) is 1. The van der Waals surface area contributed by atoms with Crippen LogP contribution in [0.25, 0.3) is 6.08 Å². The van der Waals surface area contributed by atoms with Crippen molar-refractivity contribution in [2.24, 2.45) is 0 Å². The zero-order valence-electron chi connectivity index (χ0n) is 9.50. The van der Waals surface area contributed by atoms with Gasteiger partial charge in [-0.25, -0.2) is 0 Å². The smallest absolute Gasteiger partial charge is 0.265 e. The lowest BCUT2D eigenvalue weighted by Crippen LogP contribution is -2.10. The highest BCUT2D eigenvalue weighted by Gasteiger charge is 2.08. The molecule has 0 saturated carbocycles. The highest BCUT2D eigenvalue weighted by atomic mass is 32.1. The van der Waals surface area contributed by atoms with Crippen LogP contribution in [0.2, 0.25) is 0 Å². The van der Waals surface area contributed by atoms with E-state index in [0.29, 0.717) is 16.9 Å². The fourth-order valence-electron chi connectivity index (χ4n) is 1.49. The molecule has 0 aliphatic rings. The molecule has 2 aromatic rings. The van der Waals surface area contributed by atoms with Crippen molar-refractivity contribution in [1.29, 1.82) is 0 Å². The Morgan fingerprint density at radius 1 is 1.17 bits per heavy atom. The van der Waals surface area contributed by atoms with Crippen LogP contribution in [0.15, 0.2) is 47.9 Å². The summed E-state index contributed by atoms with van der Waals surface area (Å²) in [5.74, 6) is -0.142. The predicted molar refractivity (Wildman–Crippen MR) is 73.8 cm³/mol. The zero-order chi connectivity index (χ0) is 12.8. The van der Waals surface area contributed by atoms with E-state index in [1.165, 1.54) is 17.4 Å². The molecule has 0 aliphatic carbocycles. The quantitative estimate of drug-likeness (QED) is 0.675. The van der Waals surface area contributed by atoms with Gasteiger partial charge in [-0.2, -0.15) is 0 Å². The summed E-state index contributed by atoms with van der Waals surface area (Å²) in [6, 6.07) is 10.9. The molecule has 0 atom stereocenters. The second-order valence-electron chi connectivity index (χ2n) is 3.51. The summed E-state index contributed by atoms with van der Waals surface area (Å²) in [7, 11) is 0. The minimum atomic E-state index is -0.142. The van der Waals surface area contributed by atoms with Crippen LogP contribution in [0.3, 0.4) is 0 Å². The minimum absolute atomic E-state index is 0.142. The van der Waals surface area contributed by atoms with Crippen LogP contribution in [0.5, 0.6) is 0 Å². The Hall–Kier alpha value is -2.20. The standard InChI is InChI=1S/C14H11NO2S/c16-9-3-6-11-5-1-2-7-12(11)15-14(17)13-8-4-10-18-13/h1-10H,(H,15,17)/b6-3+. The Morgan fingerprint density at radius 3 is 2.72 bits per heavy atom. The maximum atomic E-state index is 11.9. The number of amides is 1. The fourth-order valence-corrected chi connectivity index (χ4v) is 2.11. The number of hydrogen-bond acceptors (Lipinski definition) is 3. The first kappa shape index (κ1) is 12.3. The molecule has 1 amide bonds. The van der Waals surface area contributed by atoms with E-state index in [1.54, 1.807) is 18.2 Å². The van der Waals surface area contributed by atoms with Crippen molar-refractivity contribution in [1.82, 2.24) is 0 Å². The molecule has 0 radical (unpaired) electrons. The van der Waals surface area contributed by atoms with Crippen LogP contribution in [0, 0.1) is 0 Å². The zero-order valence-corrected chi connectivity index (χ0v) is 10.3. The summed E-state index contributed by atoms with van der Waals surface area (Å²) in [5.41, 5.74) is 1.49. The Bertz CT molecular complexity index is 573. The van der Waals surface area contributed by atoms with Crippen molar-refractivity contribution in [3.63, 3.8) is 0 Å². The molecule has 1 N–H and O–H groups in total. The largest absolute Gasteiger partial charge is 0.321 e. The number of allylic oxidation sites excluding steroid dienone is 1. The first-order valence-corrected chi connectivity index (χ1v) is 6.25. The minimum Gasteiger partial charge on any atom is -0.321 e. The molecule has 4 heteroatoms. The van der Waals surface area contributed by atoms with Crippen molar-refractivity contribution in [2.45, 2.75) is 0 Å². The van der Waals surface area contributed by atoms with Gasteiger partial charge in [-0.05, 0) is 35.2 Å². The average molecular weight is 257 g/mol. The monoisotopic (exact) mass is 257 g/mol.